The first kappa shape index (κ1) is 15.4. The van der Waals surface area contributed by atoms with Gasteiger partial charge in [-0.15, -0.1) is 0 Å². The number of nitrogens with one attached hydrogen (secondary N) is 2. The molecule has 0 aromatic heterocycles. The first-order valence-corrected chi connectivity index (χ1v) is 6.04. The van der Waals surface area contributed by atoms with Crippen molar-refractivity contribution in [3.63, 3.8) is 0 Å². The Morgan fingerprint density at radius 1 is 1.37 bits per heavy atom. The van der Waals surface area contributed by atoms with Gasteiger partial charge in [-0.1, -0.05) is 28.4 Å². The molecule has 1 aromatic rings. The summed E-state index contributed by atoms with van der Waals surface area (Å²) in [5.74, 6) is -0.114. The van der Waals surface area contributed by atoms with Crippen LogP contribution in [-0.4, -0.2) is 22.6 Å². The van der Waals surface area contributed by atoms with Crippen molar-refractivity contribution in [2.75, 3.05) is 5.32 Å². The number of carbonyl (C=O) groups is 1. The summed E-state index contributed by atoms with van der Waals surface area (Å²) in [4.78, 5) is 11.8. The summed E-state index contributed by atoms with van der Waals surface area (Å²) in [6.45, 7) is 3.19. The van der Waals surface area contributed by atoms with Crippen molar-refractivity contribution in [3.8, 4) is 0 Å². The second kappa shape index (κ2) is 5.99. The van der Waals surface area contributed by atoms with Crippen molar-refractivity contribution in [1.29, 1.82) is 0 Å². The van der Waals surface area contributed by atoms with Gasteiger partial charge in [0.05, 0.1) is 15.6 Å². The number of nitrogens with two attached hydrogens (primary N) is 1. The normalized spacial score (nSPS) is 12.1. The van der Waals surface area contributed by atoms with Crippen molar-refractivity contribution in [2.24, 2.45) is 10.9 Å². The molecule has 0 aliphatic heterocycles. The second-order valence-electron chi connectivity index (χ2n) is 4.32. The fourth-order valence-corrected chi connectivity index (χ4v) is 1.51. The summed E-state index contributed by atoms with van der Waals surface area (Å²) in [6.07, 6.45) is 0. The summed E-state index contributed by atoms with van der Waals surface area (Å²) in [7, 11) is 0. The number of anilines is 1. The number of halogens is 2. The van der Waals surface area contributed by atoms with Gasteiger partial charge in [0, 0.05) is 5.69 Å². The lowest BCUT2D eigenvalue weighted by Crippen LogP contribution is -2.54. The van der Waals surface area contributed by atoms with Crippen molar-refractivity contribution in [2.45, 2.75) is 19.4 Å². The van der Waals surface area contributed by atoms with Crippen LogP contribution in [0, 0.1) is 0 Å². The minimum absolute atomic E-state index is 0.114. The van der Waals surface area contributed by atoms with E-state index in [4.69, 9.17) is 34.1 Å². The fraction of sp³-hybridized carbons (Fsp3) is 0.273. The number of carbonyl (C=O) groups excluding carboxylic acids is 1. The van der Waals surface area contributed by atoms with Crippen LogP contribution in [0.1, 0.15) is 13.8 Å². The average molecular weight is 305 g/mol. The Morgan fingerprint density at radius 3 is 2.53 bits per heavy atom. The van der Waals surface area contributed by atoms with Crippen molar-refractivity contribution >= 4 is 40.8 Å². The Morgan fingerprint density at radius 2 is 2.00 bits per heavy atom. The van der Waals surface area contributed by atoms with E-state index in [1.54, 1.807) is 26.0 Å². The van der Waals surface area contributed by atoms with Crippen molar-refractivity contribution < 1.29 is 10.0 Å². The van der Waals surface area contributed by atoms with Crippen LogP contribution in [0.4, 0.5) is 10.5 Å². The van der Waals surface area contributed by atoms with E-state index in [1.807, 2.05) is 0 Å². The summed E-state index contributed by atoms with van der Waals surface area (Å²) < 4.78 is 0. The van der Waals surface area contributed by atoms with Crippen LogP contribution in [0.5, 0.6) is 0 Å². The zero-order valence-corrected chi connectivity index (χ0v) is 11.9. The molecule has 5 N–H and O–H groups in total. The number of oxime groups is 1. The van der Waals surface area contributed by atoms with E-state index in [0.717, 1.165) is 0 Å². The van der Waals surface area contributed by atoms with Crippen LogP contribution in [-0.2, 0) is 0 Å². The molecule has 0 saturated carbocycles. The minimum Gasteiger partial charge on any atom is -0.409 e. The van der Waals surface area contributed by atoms with Crippen LogP contribution in [0.3, 0.4) is 0 Å². The maximum Gasteiger partial charge on any atom is 0.320 e. The van der Waals surface area contributed by atoms with Gasteiger partial charge in [0.15, 0.2) is 5.84 Å². The van der Waals surface area contributed by atoms with E-state index >= 15 is 0 Å². The third kappa shape index (κ3) is 4.18. The molecule has 0 atom stereocenters. The SMILES string of the molecule is CC(C)(NC(=O)Nc1ccc(Cl)c(Cl)c1)/C(N)=N/O. The number of benzene rings is 1. The van der Waals surface area contributed by atoms with Gasteiger partial charge >= 0.3 is 6.03 Å². The topological polar surface area (TPSA) is 99.7 Å². The standard InChI is InChI=1S/C11H14Cl2N4O2/c1-11(2,9(14)17-19)16-10(18)15-6-3-4-7(12)8(13)5-6/h3-5,19H,1-2H3,(H2,14,17)(H2,15,16,18). The Labute approximate surface area is 120 Å². The number of hydrogen-bond acceptors (Lipinski definition) is 3. The molecule has 0 unspecified atom stereocenters. The second-order valence-corrected chi connectivity index (χ2v) is 5.13. The molecule has 0 heterocycles. The first-order valence-electron chi connectivity index (χ1n) is 5.28. The molecule has 0 saturated heterocycles. The zero-order valence-electron chi connectivity index (χ0n) is 10.4. The molecule has 1 rings (SSSR count). The van der Waals surface area contributed by atoms with Gasteiger partial charge in [-0.25, -0.2) is 4.79 Å². The molecular formula is C11H14Cl2N4O2. The third-order valence-corrected chi connectivity index (χ3v) is 3.09. The predicted molar refractivity (Wildman–Crippen MR) is 76.1 cm³/mol. The van der Waals surface area contributed by atoms with Crippen LogP contribution < -0.4 is 16.4 Å². The van der Waals surface area contributed by atoms with Gasteiger partial charge in [0.25, 0.3) is 0 Å². The highest BCUT2D eigenvalue weighted by molar-refractivity contribution is 6.42. The molecule has 0 radical (unpaired) electrons. The van der Waals surface area contributed by atoms with Crippen molar-refractivity contribution in [1.82, 2.24) is 5.32 Å². The van der Waals surface area contributed by atoms with Gasteiger partial charge in [0.1, 0.15) is 0 Å². The molecule has 19 heavy (non-hydrogen) atoms. The van der Waals surface area contributed by atoms with Gasteiger partial charge in [-0.05, 0) is 32.0 Å². The molecule has 0 aliphatic carbocycles. The Kier molecular flexibility index (Phi) is 4.85. The highest BCUT2D eigenvalue weighted by atomic mass is 35.5. The van der Waals surface area contributed by atoms with E-state index in [2.05, 4.69) is 15.8 Å². The van der Waals surface area contributed by atoms with E-state index in [0.29, 0.717) is 15.7 Å². The number of amides is 2. The number of urea groups is 1. The summed E-state index contributed by atoms with van der Waals surface area (Å²) in [6, 6.07) is 4.16. The van der Waals surface area contributed by atoms with Crippen LogP contribution >= 0.6 is 23.2 Å². The minimum atomic E-state index is -0.991. The van der Waals surface area contributed by atoms with Gasteiger partial charge < -0.3 is 21.6 Å². The average Bonchev–Trinajstić information content (AvgIpc) is 2.32. The largest absolute Gasteiger partial charge is 0.409 e. The quantitative estimate of drug-likeness (QED) is 0.299. The Hall–Kier alpha value is -1.66. The summed E-state index contributed by atoms with van der Waals surface area (Å²) >= 11 is 11.6. The maximum atomic E-state index is 11.8. The monoisotopic (exact) mass is 304 g/mol. The molecule has 0 spiro atoms. The van der Waals surface area contributed by atoms with E-state index in [1.165, 1.54) is 6.07 Å². The molecule has 0 fully saturated rings. The van der Waals surface area contributed by atoms with Gasteiger partial charge in [-0.2, -0.15) is 0 Å². The Bertz CT molecular complexity index is 517. The molecule has 0 bridgehead atoms. The maximum absolute atomic E-state index is 11.8. The molecule has 0 aliphatic rings. The number of rotatable bonds is 3. The number of hydrogen-bond donors (Lipinski definition) is 4. The fourth-order valence-electron chi connectivity index (χ4n) is 1.21. The highest BCUT2D eigenvalue weighted by Gasteiger charge is 2.25. The van der Waals surface area contributed by atoms with Gasteiger partial charge in [0.2, 0.25) is 0 Å². The van der Waals surface area contributed by atoms with E-state index < -0.39 is 11.6 Å². The first-order chi connectivity index (χ1) is 8.76. The molecule has 2 amide bonds. The predicted octanol–water partition coefficient (Wildman–Crippen LogP) is 2.64. The molecule has 8 heteroatoms. The highest BCUT2D eigenvalue weighted by Crippen LogP contribution is 2.24. The zero-order chi connectivity index (χ0) is 14.6. The molecule has 104 valence electrons. The summed E-state index contributed by atoms with van der Waals surface area (Å²) in [5.41, 5.74) is 4.94. The lowest BCUT2D eigenvalue weighted by atomic mass is 10.1. The third-order valence-electron chi connectivity index (χ3n) is 2.35. The van der Waals surface area contributed by atoms with Crippen LogP contribution in [0.25, 0.3) is 0 Å². The van der Waals surface area contributed by atoms with Crippen LogP contribution in [0.15, 0.2) is 23.4 Å². The summed E-state index contributed by atoms with van der Waals surface area (Å²) in [5, 5.41) is 17.3. The van der Waals surface area contributed by atoms with E-state index in [-0.39, 0.29) is 5.84 Å². The molecular weight excluding hydrogens is 291 g/mol. The lowest BCUT2D eigenvalue weighted by molar-refractivity contribution is 0.246. The number of amidine groups is 1. The van der Waals surface area contributed by atoms with Crippen molar-refractivity contribution in [3.05, 3.63) is 28.2 Å². The number of nitrogens with zero attached hydrogens (tertiary/aromatic N) is 1. The Balaban J connectivity index is 2.73. The lowest BCUT2D eigenvalue weighted by Gasteiger charge is -2.24. The molecule has 1 aromatic carbocycles. The molecule has 6 nitrogen and oxygen atoms in total. The van der Waals surface area contributed by atoms with Crippen LogP contribution in [0.2, 0.25) is 10.0 Å². The van der Waals surface area contributed by atoms with E-state index in [9.17, 15) is 4.79 Å². The van der Waals surface area contributed by atoms with Gasteiger partial charge in [-0.3, -0.25) is 0 Å². The smallest absolute Gasteiger partial charge is 0.320 e.